The molecule has 0 aromatic heterocycles. The number of nitrogens with zero attached hydrogens (tertiary/aromatic N) is 2. The Labute approximate surface area is 99.5 Å². The quantitative estimate of drug-likeness (QED) is 0.700. The molecule has 2 saturated heterocycles. The van der Waals surface area contributed by atoms with Gasteiger partial charge in [-0.3, -0.25) is 9.80 Å². The molecule has 0 amide bonds. The highest BCUT2D eigenvalue weighted by Gasteiger charge is 2.28. The molecule has 3 heteroatoms. The lowest BCUT2D eigenvalue weighted by molar-refractivity contribution is 0.236. The van der Waals surface area contributed by atoms with E-state index >= 15 is 0 Å². The lowest BCUT2D eigenvalue weighted by atomic mass is 10.2. The molecule has 0 aromatic carbocycles. The summed E-state index contributed by atoms with van der Waals surface area (Å²) >= 11 is 0. The summed E-state index contributed by atoms with van der Waals surface area (Å²) in [5, 5.41) is 3.17. The first-order chi connectivity index (χ1) is 7.79. The molecule has 0 bridgehead atoms. The van der Waals surface area contributed by atoms with Crippen molar-refractivity contribution in [2.24, 2.45) is 0 Å². The van der Waals surface area contributed by atoms with E-state index in [0.29, 0.717) is 0 Å². The van der Waals surface area contributed by atoms with E-state index in [2.05, 4.69) is 21.7 Å². The van der Waals surface area contributed by atoms with Crippen molar-refractivity contribution in [3.05, 3.63) is 12.2 Å². The van der Waals surface area contributed by atoms with Crippen LogP contribution in [-0.2, 0) is 0 Å². The van der Waals surface area contributed by atoms with Crippen LogP contribution in [0, 0.1) is 0 Å². The summed E-state index contributed by atoms with van der Waals surface area (Å²) in [7, 11) is 1.99. The van der Waals surface area contributed by atoms with Crippen molar-refractivity contribution in [1.29, 1.82) is 0 Å². The molecule has 2 heterocycles. The monoisotopic (exact) mass is 223 g/mol. The fourth-order valence-corrected chi connectivity index (χ4v) is 2.98. The van der Waals surface area contributed by atoms with Crippen molar-refractivity contribution in [2.45, 2.75) is 25.3 Å². The SMILES string of the molecule is C=C(CNC)CN1CCC(N2CCCC2)C1. The fraction of sp³-hybridized carbons (Fsp3) is 0.846. The van der Waals surface area contributed by atoms with Gasteiger partial charge >= 0.3 is 0 Å². The maximum absolute atomic E-state index is 4.11. The van der Waals surface area contributed by atoms with E-state index < -0.39 is 0 Å². The lowest BCUT2D eigenvalue weighted by Crippen LogP contribution is -2.36. The second-order valence-corrected chi connectivity index (χ2v) is 5.20. The van der Waals surface area contributed by atoms with Gasteiger partial charge in [-0.1, -0.05) is 6.58 Å². The summed E-state index contributed by atoms with van der Waals surface area (Å²) in [4.78, 5) is 5.24. The van der Waals surface area contributed by atoms with Gasteiger partial charge in [-0.25, -0.2) is 0 Å². The molecule has 1 N–H and O–H groups in total. The van der Waals surface area contributed by atoms with Gasteiger partial charge in [0.15, 0.2) is 0 Å². The Morgan fingerprint density at radius 3 is 2.75 bits per heavy atom. The molecule has 1 atom stereocenters. The highest BCUT2D eigenvalue weighted by atomic mass is 15.3. The van der Waals surface area contributed by atoms with Gasteiger partial charge in [-0.15, -0.1) is 0 Å². The maximum Gasteiger partial charge on any atom is 0.0235 e. The fourth-order valence-electron chi connectivity index (χ4n) is 2.98. The Hall–Kier alpha value is -0.380. The molecule has 2 rings (SSSR count). The number of hydrogen-bond donors (Lipinski definition) is 1. The molecular weight excluding hydrogens is 198 g/mol. The third-order valence-corrected chi connectivity index (χ3v) is 3.78. The van der Waals surface area contributed by atoms with E-state index in [4.69, 9.17) is 0 Å². The summed E-state index contributed by atoms with van der Waals surface area (Å²) in [5.74, 6) is 0. The number of rotatable bonds is 5. The smallest absolute Gasteiger partial charge is 0.0235 e. The summed E-state index contributed by atoms with van der Waals surface area (Å²) in [6, 6.07) is 0.824. The van der Waals surface area contributed by atoms with Crippen LogP contribution < -0.4 is 5.32 Å². The summed E-state index contributed by atoms with van der Waals surface area (Å²) in [5.41, 5.74) is 1.31. The van der Waals surface area contributed by atoms with E-state index in [1.165, 1.54) is 51.0 Å². The average Bonchev–Trinajstić information content (AvgIpc) is 2.86. The predicted molar refractivity (Wildman–Crippen MR) is 68.7 cm³/mol. The van der Waals surface area contributed by atoms with Crippen molar-refractivity contribution >= 4 is 0 Å². The predicted octanol–water partition coefficient (Wildman–Crippen LogP) is 0.932. The lowest BCUT2D eigenvalue weighted by Gasteiger charge is -2.24. The molecule has 0 radical (unpaired) electrons. The molecule has 0 aliphatic carbocycles. The first-order valence-corrected chi connectivity index (χ1v) is 6.57. The van der Waals surface area contributed by atoms with Gasteiger partial charge in [0.1, 0.15) is 0 Å². The van der Waals surface area contributed by atoms with Gasteiger partial charge in [-0.05, 0) is 45.0 Å². The van der Waals surface area contributed by atoms with E-state index in [-0.39, 0.29) is 0 Å². The summed E-state index contributed by atoms with van der Waals surface area (Å²) < 4.78 is 0. The zero-order valence-corrected chi connectivity index (χ0v) is 10.5. The van der Waals surface area contributed by atoms with Gasteiger partial charge in [0, 0.05) is 32.2 Å². The van der Waals surface area contributed by atoms with E-state index in [1.807, 2.05) is 7.05 Å². The second-order valence-electron chi connectivity index (χ2n) is 5.20. The molecule has 3 nitrogen and oxygen atoms in total. The molecule has 2 fully saturated rings. The number of hydrogen-bond acceptors (Lipinski definition) is 3. The number of likely N-dealkylation sites (N-methyl/N-ethyl adjacent to an activating group) is 1. The summed E-state index contributed by atoms with van der Waals surface area (Å²) in [6.45, 7) is 11.3. The van der Waals surface area contributed by atoms with Crippen molar-refractivity contribution in [2.75, 3.05) is 46.3 Å². The molecule has 16 heavy (non-hydrogen) atoms. The van der Waals surface area contributed by atoms with Gasteiger partial charge in [0.2, 0.25) is 0 Å². The molecule has 0 spiro atoms. The van der Waals surface area contributed by atoms with Crippen LogP contribution in [0.3, 0.4) is 0 Å². The first kappa shape index (κ1) is 12.1. The zero-order valence-electron chi connectivity index (χ0n) is 10.5. The zero-order chi connectivity index (χ0) is 11.4. The van der Waals surface area contributed by atoms with Crippen LogP contribution in [0.15, 0.2) is 12.2 Å². The summed E-state index contributed by atoms with van der Waals surface area (Å²) in [6.07, 6.45) is 4.17. The van der Waals surface area contributed by atoms with Crippen molar-refractivity contribution in [3.8, 4) is 0 Å². The number of likely N-dealkylation sites (tertiary alicyclic amines) is 2. The largest absolute Gasteiger partial charge is 0.316 e. The first-order valence-electron chi connectivity index (χ1n) is 6.57. The van der Waals surface area contributed by atoms with Crippen molar-refractivity contribution in [3.63, 3.8) is 0 Å². The molecule has 2 aliphatic heterocycles. The van der Waals surface area contributed by atoms with Crippen LogP contribution in [-0.4, -0.2) is 62.2 Å². The van der Waals surface area contributed by atoms with Crippen LogP contribution in [0.5, 0.6) is 0 Å². The van der Waals surface area contributed by atoms with Gasteiger partial charge in [0.25, 0.3) is 0 Å². The van der Waals surface area contributed by atoms with Gasteiger partial charge in [0.05, 0.1) is 0 Å². The van der Waals surface area contributed by atoms with Crippen molar-refractivity contribution in [1.82, 2.24) is 15.1 Å². The minimum Gasteiger partial charge on any atom is -0.316 e. The Bertz CT molecular complexity index is 233. The topological polar surface area (TPSA) is 18.5 Å². The Morgan fingerprint density at radius 1 is 1.31 bits per heavy atom. The van der Waals surface area contributed by atoms with Crippen LogP contribution in [0.1, 0.15) is 19.3 Å². The highest BCUT2D eigenvalue weighted by Crippen LogP contribution is 2.20. The standard InChI is InChI=1S/C13H25N3/c1-12(9-14-2)10-15-8-5-13(11-15)16-6-3-4-7-16/h13-14H,1,3-11H2,2H3. The molecule has 2 aliphatic rings. The maximum atomic E-state index is 4.11. The van der Waals surface area contributed by atoms with Crippen molar-refractivity contribution < 1.29 is 0 Å². The van der Waals surface area contributed by atoms with E-state index in [1.54, 1.807) is 0 Å². The molecule has 0 saturated carbocycles. The van der Waals surface area contributed by atoms with Crippen LogP contribution >= 0.6 is 0 Å². The van der Waals surface area contributed by atoms with Crippen LogP contribution in [0.25, 0.3) is 0 Å². The second kappa shape index (κ2) is 5.80. The molecule has 92 valence electrons. The minimum atomic E-state index is 0.824. The van der Waals surface area contributed by atoms with Crippen LogP contribution in [0.4, 0.5) is 0 Å². The third kappa shape index (κ3) is 3.06. The normalized spacial score (nSPS) is 27.7. The minimum absolute atomic E-state index is 0.824. The Kier molecular flexibility index (Phi) is 4.38. The number of nitrogens with one attached hydrogen (secondary N) is 1. The average molecular weight is 223 g/mol. The highest BCUT2D eigenvalue weighted by molar-refractivity contribution is 5.01. The molecular formula is C13H25N3. The third-order valence-electron chi connectivity index (χ3n) is 3.78. The van der Waals surface area contributed by atoms with Crippen LogP contribution in [0.2, 0.25) is 0 Å². The Balaban J connectivity index is 1.72. The molecule has 0 aromatic rings. The van der Waals surface area contributed by atoms with E-state index in [0.717, 1.165) is 19.1 Å². The Morgan fingerprint density at radius 2 is 2.06 bits per heavy atom. The molecule has 1 unspecified atom stereocenters. The van der Waals surface area contributed by atoms with Gasteiger partial charge < -0.3 is 5.32 Å². The van der Waals surface area contributed by atoms with E-state index in [9.17, 15) is 0 Å². The van der Waals surface area contributed by atoms with Gasteiger partial charge in [-0.2, -0.15) is 0 Å².